The van der Waals surface area contributed by atoms with Crippen LogP contribution in [0, 0.1) is 0 Å². The van der Waals surface area contributed by atoms with Gasteiger partial charge in [-0.3, -0.25) is 14.9 Å². The van der Waals surface area contributed by atoms with Crippen LogP contribution >= 0.6 is 11.3 Å². The summed E-state index contributed by atoms with van der Waals surface area (Å²) in [7, 11) is 0. The molecule has 2 aromatic heterocycles. The average Bonchev–Trinajstić information content (AvgIpc) is 3.36. The Balaban J connectivity index is 1.64. The number of aromatic nitrogens is 1. The van der Waals surface area contributed by atoms with Gasteiger partial charge in [0.25, 0.3) is 5.91 Å². The number of anilines is 2. The lowest BCUT2D eigenvalue weighted by molar-refractivity contribution is -0.119. The van der Waals surface area contributed by atoms with E-state index in [4.69, 9.17) is 4.42 Å². The molecule has 2 heterocycles. The number of carbonyl (C=O) groups excluding carboxylic acids is 2. The number of nitrogens with one attached hydrogen (secondary N) is 2. The SMILES string of the molecule is CCN(c1ccc(C(=O)Nc2nc(-c3ccc(CNC(C)=O)o3)cs2)cc1)C(C)C. The van der Waals surface area contributed by atoms with Crippen LogP contribution in [0.2, 0.25) is 0 Å². The highest BCUT2D eigenvalue weighted by molar-refractivity contribution is 7.14. The van der Waals surface area contributed by atoms with Gasteiger partial charge in [0.2, 0.25) is 5.91 Å². The van der Waals surface area contributed by atoms with E-state index < -0.39 is 0 Å². The second-order valence-corrected chi connectivity index (χ2v) is 7.95. The first-order valence-corrected chi connectivity index (χ1v) is 10.7. The Kier molecular flexibility index (Phi) is 6.89. The van der Waals surface area contributed by atoms with Gasteiger partial charge in [0.05, 0.1) is 6.54 Å². The molecular formula is C22H26N4O3S. The number of hydrogen-bond donors (Lipinski definition) is 2. The third kappa shape index (κ3) is 5.27. The molecule has 0 aliphatic carbocycles. The maximum Gasteiger partial charge on any atom is 0.257 e. The summed E-state index contributed by atoms with van der Waals surface area (Å²) in [6.45, 7) is 9.09. The van der Waals surface area contributed by atoms with Crippen molar-refractivity contribution in [2.75, 3.05) is 16.8 Å². The summed E-state index contributed by atoms with van der Waals surface area (Å²) in [6.07, 6.45) is 0. The summed E-state index contributed by atoms with van der Waals surface area (Å²) < 4.78 is 5.70. The molecule has 7 nitrogen and oxygen atoms in total. The molecule has 0 bridgehead atoms. The first kappa shape index (κ1) is 21.6. The molecule has 30 heavy (non-hydrogen) atoms. The van der Waals surface area contributed by atoms with Gasteiger partial charge in [-0.05, 0) is 57.2 Å². The van der Waals surface area contributed by atoms with Crippen molar-refractivity contribution in [3.8, 4) is 11.5 Å². The Hall–Kier alpha value is -3.13. The molecule has 0 fully saturated rings. The zero-order valence-corrected chi connectivity index (χ0v) is 18.4. The molecule has 0 atom stereocenters. The van der Waals surface area contributed by atoms with Gasteiger partial charge in [-0.25, -0.2) is 4.98 Å². The molecule has 0 saturated heterocycles. The van der Waals surface area contributed by atoms with Gasteiger partial charge >= 0.3 is 0 Å². The zero-order valence-electron chi connectivity index (χ0n) is 17.6. The molecule has 3 aromatic rings. The van der Waals surface area contributed by atoms with Crippen LogP contribution in [0.4, 0.5) is 10.8 Å². The summed E-state index contributed by atoms with van der Waals surface area (Å²) in [5.74, 6) is 0.901. The van der Waals surface area contributed by atoms with Crippen molar-refractivity contribution >= 4 is 34.0 Å². The molecule has 2 N–H and O–H groups in total. The molecule has 0 saturated carbocycles. The lowest BCUT2D eigenvalue weighted by Crippen LogP contribution is -2.30. The van der Waals surface area contributed by atoms with Crippen LogP contribution in [0.3, 0.4) is 0 Å². The van der Waals surface area contributed by atoms with Crippen LogP contribution in [0.25, 0.3) is 11.5 Å². The number of thiazole rings is 1. The van der Waals surface area contributed by atoms with Crippen LogP contribution < -0.4 is 15.5 Å². The number of benzene rings is 1. The van der Waals surface area contributed by atoms with E-state index in [1.54, 1.807) is 12.1 Å². The fourth-order valence-corrected chi connectivity index (χ4v) is 3.78. The third-order valence-corrected chi connectivity index (χ3v) is 5.33. The second-order valence-electron chi connectivity index (χ2n) is 7.09. The first-order valence-electron chi connectivity index (χ1n) is 9.84. The number of hydrogen-bond acceptors (Lipinski definition) is 6. The highest BCUT2D eigenvalue weighted by atomic mass is 32.1. The molecule has 0 spiro atoms. The van der Waals surface area contributed by atoms with E-state index in [-0.39, 0.29) is 11.8 Å². The summed E-state index contributed by atoms with van der Waals surface area (Å²) in [5, 5.41) is 7.84. The normalized spacial score (nSPS) is 10.8. The quantitative estimate of drug-likeness (QED) is 0.553. The summed E-state index contributed by atoms with van der Waals surface area (Å²) in [5.41, 5.74) is 2.30. The molecule has 3 rings (SSSR count). The van der Waals surface area contributed by atoms with E-state index in [0.29, 0.717) is 40.5 Å². The molecule has 0 aliphatic rings. The number of furan rings is 1. The van der Waals surface area contributed by atoms with Gasteiger partial charge in [-0.2, -0.15) is 0 Å². The molecule has 0 aliphatic heterocycles. The average molecular weight is 427 g/mol. The lowest BCUT2D eigenvalue weighted by atomic mass is 10.1. The number of nitrogens with zero attached hydrogens (tertiary/aromatic N) is 2. The van der Waals surface area contributed by atoms with Gasteiger partial charge in [0.1, 0.15) is 11.5 Å². The predicted octanol–water partition coefficient (Wildman–Crippen LogP) is 4.53. The zero-order chi connectivity index (χ0) is 21.7. The van der Waals surface area contributed by atoms with E-state index in [2.05, 4.69) is 41.3 Å². The molecule has 0 radical (unpaired) electrons. The fourth-order valence-electron chi connectivity index (χ4n) is 3.09. The van der Waals surface area contributed by atoms with Crippen LogP contribution in [0.1, 0.15) is 43.8 Å². The summed E-state index contributed by atoms with van der Waals surface area (Å²) in [4.78, 5) is 30.3. The standard InChI is InChI=1S/C22H26N4O3S/c1-5-26(14(2)3)17-8-6-16(7-9-17)21(28)25-22-24-19(13-30-22)20-11-10-18(29-20)12-23-15(4)27/h6-11,13-14H,5,12H2,1-4H3,(H,23,27)(H,24,25,28). The van der Waals surface area contributed by atoms with E-state index in [1.807, 2.05) is 29.6 Å². The van der Waals surface area contributed by atoms with E-state index in [1.165, 1.54) is 18.3 Å². The molecule has 158 valence electrons. The van der Waals surface area contributed by atoms with Gasteiger partial charge in [0.15, 0.2) is 10.9 Å². The van der Waals surface area contributed by atoms with Crippen molar-refractivity contribution in [1.29, 1.82) is 0 Å². The van der Waals surface area contributed by atoms with Crippen LogP contribution in [-0.4, -0.2) is 29.4 Å². The van der Waals surface area contributed by atoms with Crippen molar-refractivity contribution < 1.29 is 14.0 Å². The van der Waals surface area contributed by atoms with E-state index in [0.717, 1.165) is 12.2 Å². The molecule has 8 heteroatoms. The number of carbonyl (C=O) groups is 2. The Morgan fingerprint density at radius 1 is 1.17 bits per heavy atom. The number of amides is 2. The lowest BCUT2D eigenvalue weighted by Gasteiger charge is -2.27. The molecule has 2 amide bonds. The summed E-state index contributed by atoms with van der Waals surface area (Å²) >= 11 is 1.33. The fraction of sp³-hybridized carbons (Fsp3) is 0.318. The van der Waals surface area contributed by atoms with Crippen LogP contribution in [0.15, 0.2) is 46.2 Å². The van der Waals surface area contributed by atoms with Gasteiger partial charge in [-0.1, -0.05) is 0 Å². The third-order valence-electron chi connectivity index (χ3n) is 4.58. The predicted molar refractivity (Wildman–Crippen MR) is 120 cm³/mol. The summed E-state index contributed by atoms with van der Waals surface area (Å²) in [6, 6.07) is 11.6. The van der Waals surface area contributed by atoms with Gasteiger partial charge < -0.3 is 14.6 Å². The first-order chi connectivity index (χ1) is 14.4. The Morgan fingerprint density at radius 3 is 2.53 bits per heavy atom. The Morgan fingerprint density at radius 2 is 1.90 bits per heavy atom. The second kappa shape index (κ2) is 9.58. The van der Waals surface area contributed by atoms with Crippen molar-refractivity contribution in [2.45, 2.75) is 40.3 Å². The topological polar surface area (TPSA) is 87.5 Å². The smallest absolute Gasteiger partial charge is 0.257 e. The largest absolute Gasteiger partial charge is 0.458 e. The van der Waals surface area contributed by atoms with Crippen molar-refractivity contribution in [3.05, 3.63) is 53.1 Å². The highest BCUT2D eigenvalue weighted by Gasteiger charge is 2.14. The minimum atomic E-state index is -0.208. The Labute approximate surface area is 180 Å². The molecule has 0 unspecified atom stereocenters. The highest BCUT2D eigenvalue weighted by Crippen LogP contribution is 2.27. The molecule has 1 aromatic carbocycles. The number of rotatable bonds is 8. The van der Waals surface area contributed by atoms with Gasteiger partial charge in [0, 0.05) is 36.1 Å². The van der Waals surface area contributed by atoms with Crippen molar-refractivity contribution in [1.82, 2.24) is 10.3 Å². The van der Waals surface area contributed by atoms with E-state index >= 15 is 0 Å². The van der Waals surface area contributed by atoms with Crippen LogP contribution in [-0.2, 0) is 11.3 Å². The minimum Gasteiger partial charge on any atom is -0.458 e. The minimum absolute atomic E-state index is 0.119. The Bertz CT molecular complexity index is 1010. The monoisotopic (exact) mass is 426 g/mol. The van der Waals surface area contributed by atoms with Crippen molar-refractivity contribution in [2.24, 2.45) is 0 Å². The maximum absolute atomic E-state index is 12.6. The van der Waals surface area contributed by atoms with Crippen molar-refractivity contribution in [3.63, 3.8) is 0 Å². The van der Waals surface area contributed by atoms with Gasteiger partial charge in [-0.15, -0.1) is 11.3 Å². The van der Waals surface area contributed by atoms with Crippen LogP contribution in [0.5, 0.6) is 0 Å². The molecular weight excluding hydrogens is 400 g/mol. The van der Waals surface area contributed by atoms with E-state index in [9.17, 15) is 9.59 Å². The maximum atomic E-state index is 12.6.